The highest BCUT2D eigenvalue weighted by atomic mass is 32.2. The summed E-state index contributed by atoms with van der Waals surface area (Å²) < 4.78 is 33.5. The molecule has 3 aromatic rings. The highest BCUT2D eigenvalue weighted by molar-refractivity contribution is 7.89. The quantitative estimate of drug-likeness (QED) is 0.505. The zero-order valence-electron chi connectivity index (χ0n) is 18.3. The number of sulfonamides is 1. The van der Waals surface area contributed by atoms with E-state index in [1.165, 1.54) is 12.1 Å². The van der Waals surface area contributed by atoms with E-state index in [2.05, 4.69) is 4.72 Å². The summed E-state index contributed by atoms with van der Waals surface area (Å²) >= 11 is 0. The molecule has 7 heteroatoms. The molecular weight excluding hydrogens is 424 g/mol. The fourth-order valence-electron chi connectivity index (χ4n) is 3.33. The number of ether oxygens (including phenoxy) is 1. The molecule has 0 aromatic heterocycles. The lowest BCUT2D eigenvalue weighted by Gasteiger charge is -2.26. The van der Waals surface area contributed by atoms with Gasteiger partial charge in [0.25, 0.3) is 0 Å². The number of hydrogen-bond donors (Lipinski definition) is 1. The number of nitrogens with zero attached hydrogens (tertiary/aromatic N) is 1. The molecule has 0 aliphatic rings. The van der Waals surface area contributed by atoms with Gasteiger partial charge in [0.2, 0.25) is 15.9 Å². The van der Waals surface area contributed by atoms with Gasteiger partial charge in [0.05, 0.1) is 17.5 Å². The maximum Gasteiger partial charge on any atom is 0.241 e. The van der Waals surface area contributed by atoms with Crippen LogP contribution in [-0.4, -0.2) is 31.9 Å². The molecule has 0 aliphatic heterocycles. The fourth-order valence-corrected chi connectivity index (χ4v) is 4.52. The van der Waals surface area contributed by atoms with Crippen LogP contribution in [0.3, 0.4) is 0 Å². The van der Waals surface area contributed by atoms with Crippen molar-refractivity contribution >= 4 is 15.9 Å². The van der Waals surface area contributed by atoms with Gasteiger partial charge in [0.15, 0.2) is 0 Å². The number of amides is 1. The number of carbonyl (C=O) groups is 1. The van der Waals surface area contributed by atoms with Crippen molar-refractivity contribution in [2.24, 2.45) is 0 Å². The molecule has 1 atom stereocenters. The van der Waals surface area contributed by atoms with E-state index < -0.39 is 16.1 Å². The third-order valence-corrected chi connectivity index (χ3v) is 6.45. The van der Waals surface area contributed by atoms with E-state index in [0.29, 0.717) is 25.4 Å². The second-order valence-electron chi connectivity index (χ2n) is 7.41. The average molecular weight is 453 g/mol. The second-order valence-corrected chi connectivity index (χ2v) is 9.13. The van der Waals surface area contributed by atoms with Gasteiger partial charge < -0.3 is 9.64 Å². The first-order valence-electron chi connectivity index (χ1n) is 10.5. The van der Waals surface area contributed by atoms with Crippen molar-refractivity contribution in [3.8, 4) is 5.75 Å². The Morgan fingerprint density at radius 1 is 0.875 bits per heavy atom. The molecule has 0 aliphatic carbocycles. The third-order valence-electron chi connectivity index (χ3n) is 4.89. The molecule has 168 valence electrons. The van der Waals surface area contributed by atoms with Crippen LogP contribution in [0.15, 0.2) is 89.8 Å². The minimum atomic E-state index is -3.87. The molecule has 1 amide bonds. The first-order chi connectivity index (χ1) is 15.4. The summed E-state index contributed by atoms with van der Waals surface area (Å²) in [5.74, 6) is 0.291. The van der Waals surface area contributed by atoms with Crippen LogP contribution in [0, 0.1) is 0 Å². The molecule has 0 spiro atoms. The highest BCUT2D eigenvalue weighted by Crippen LogP contribution is 2.17. The van der Waals surface area contributed by atoms with E-state index in [1.54, 1.807) is 24.0 Å². The summed E-state index contributed by atoms with van der Waals surface area (Å²) in [7, 11) is -3.87. The zero-order chi connectivity index (χ0) is 23.0. The van der Waals surface area contributed by atoms with Crippen LogP contribution in [-0.2, 0) is 27.9 Å². The van der Waals surface area contributed by atoms with Crippen LogP contribution < -0.4 is 9.46 Å². The van der Waals surface area contributed by atoms with Gasteiger partial charge in [-0.3, -0.25) is 4.79 Å². The van der Waals surface area contributed by atoms with Crippen molar-refractivity contribution in [1.29, 1.82) is 0 Å². The van der Waals surface area contributed by atoms with Crippen LogP contribution >= 0.6 is 0 Å². The molecule has 0 saturated heterocycles. The molecule has 0 unspecified atom stereocenters. The summed E-state index contributed by atoms with van der Waals surface area (Å²) in [4.78, 5) is 15.0. The van der Waals surface area contributed by atoms with E-state index in [-0.39, 0.29) is 10.8 Å². The van der Waals surface area contributed by atoms with Crippen LogP contribution in [0.1, 0.15) is 25.0 Å². The normalized spacial score (nSPS) is 12.2. The van der Waals surface area contributed by atoms with Crippen LogP contribution in [0.4, 0.5) is 0 Å². The Morgan fingerprint density at radius 3 is 1.84 bits per heavy atom. The lowest BCUT2D eigenvalue weighted by Crippen LogP contribution is -2.46. The zero-order valence-corrected chi connectivity index (χ0v) is 19.1. The minimum absolute atomic E-state index is 0.0817. The molecule has 6 nitrogen and oxygen atoms in total. The maximum absolute atomic E-state index is 13.3. The van der Waals surface area contributed by atoms with E-state index >= 15 is 0 Å². The third kappa shape index (κ3) is 6.42. The average Bonchev–Trinajstić information content (AvgIpc) is 2.80. The first kappa shape index (κ1) is 23.5. The fraction of sp³-hybridized carbons (Fsp3) is 0.240. The van der Waals surface area contributed by atoms with Crippen molar-refractivity contribution in [2.45, 2.75) is 37.9 Å². The van der Waals surface area contributed by atoms with Crippen LogP contribution in [0.2, 0.25) is 0 Å². The van der Waals surface area contributed by atoms with E-state index in [4.69, 9.17) is 4.74 Å². The van der Waals surface area contributed by atoms with Crippen molar-refractivity contribution in [3.05, 3.63) is 96.1 Å². The van der Waals surface area contributed by atoms with Crippen LogP contribution in [0.5, 0.6) is 5.75 Å². The summed E-state index contributed by atoms with van der Waals surface area (Å²) in [6.07, 6.45) is 0. The van der Waals surface area contributed by atoms with Gasteiger partial charge in [0.1, 0.15) is 5.75 Å². The molecule has 0 heterocycles. The molecule has 0 radical (unpaired) electrons. The number of hydrogen-bond acceptors (Lipinski definition) is 4. The van der Waals surface area contributed by atoms with Crippen molar-refractivity contribution in [1.82, 2.24) is 9.62 Å². The van der Waals surface area contributed by atoms with E-state index in [0.717, 1.165) is 11.1 Å². The van der Waals surface area contributed by atoms with Gasteiger partial charge in [-0.05, 0) is 49.2 Å². The van der Waals surface area contributed by atoms with Crippen LogP contribution in [0.25, 0.3) is 0 Å². The monoisotopic (exact) mass is 452 g/mol. The summed E-state index contributed by atoms with van der Waals surface area (Å²) in [6.45, 7) is 4.68. The Balaban J connectivity index is 1.76. The lowest BCUT2D eigenvalue weighted by atomic mass is 10.1. The lowest BCUT2D eigenvalue weighted by molar-refractivity contribution is -0.133. The minimum Gasteiger partial charge on any atom is -0.494 e. The predicted molar refractivity (Wildman–Crippen MR) is 125 cm³/mol. The van der Waals surface area contributed by atoms with E-state index in [1.807, 2.05) is 67.6 Å². The van der Waals surface area contributed by atoms with Gasteiger partial charge in [-0.1, -0.05) is 60.7 Å². The number of nitrogens with one attached hydrogen (secondary N) is 1. The summed E-state index contributed by atoms with van der Waals surface area (Å²) in [5.41, 5.74) is 1.94. The molecule has 0 fully saturated rings. The Hall–Kier alpha value is -3.16. The molecule has 3 aromatic carbocycles. The largest absolute Gasteiger partial charge is 0.494 e. The van der Waals surface area contributed by atoms with E-state index in [9.17, 15) is 13.2 Å². The van der Waals surface area contributed by atoms with Gasteiger partial charge >= 0.3 is 0 Å². The van der Waals surface area contributed by atoms with Crippen molar-refractivity contribution < 1.29 is 17.9 Å². The number of carbonyl (C=O) groups excluding carboxylic acids is 1. The molecule has 0 saturated carbocycles. The topological polar surface area (TPSA) is 75.7 Å². The molecule has 3 rings (SSSR count). The predicted octanol–water partition coefficient (Wildman–Crippen LogP) is 3.98. The Morgan fingerprint density at radius 2 is 1.38 bits per heavy atom. The molecule has 32 heavy (non-hydrogen) atoms. The van der Waals surface area contributed by atoms with Gasteiger partial charge in [0, 0.05) is 13.1 Å². The Labute approximate surface area is 189 Å². The SMILES string of the molecule is CCOc1ccc(S(=O)(=O)N[C@H](C)C(=O)N(Cc2ccccc2)Cc2ccccc2)cc1. The second kappa shape index (κ2) is 10.9. The van der Waals surface area contributed by atoms with Crippen molar-refractivity contribution in [2.75, 3.05) is 6.61 Å². The van der Waals surface area contributed by atoms with Gasteiger partial charge in [-0.2, -0.15) is 4.72 Å². The molecular formula is C25H28N2O4S. The Bertz CT molecular complexity index is 1060. The first-order valence-corrected chi connectivity index (χ1v) is 12.0. The number of rotatable bonds is 10. The highest BCUT2D eigenvalue weighted by Gasteiger charge is 2.26. The summed E-state index contributed by atoms with van der Waals surface area (Å²) in [6, 6.07) is 24.5. The molecule has 1 N–H and O–H groups in total. The van der Waals surface area contributed by atoms with Gasteiger partial charge in [-0.15, -0.1) is 0 Å². The standard InChI is InChI=1S/C25H28N2O4S/c1-3-31-23-14-16-24(17-15-23)32(29,30)26-20(2)25(28)27(18-21-10-6-4-7-11-21)19-22-12-8-5-9-13-22/h4-17,20,26H,3,18-19H2,1-2H3/t20-/m1/s1. The Kier molecular flexibility index (Phi) is 8.03. The molecule has 0 bridgehead atoms. The van der Waals surface area contributed by atoms with Gasteiger partial charge in [-0.25, -0.2) is 8.42 Å². The number of benzene rings is 3. The summed E-state index contributed by atoms with van der Waals surface area (Å²) in [5, 5.41) is 0. The van der Waals surface area contributed by atoms with Crippen molar-refractivity contribution in [3.63, 3.8) is 0 Å². The smallest absolute Gasteiger partial charge is 0.241 e. The maximum atomic E-state index is 13.3.